The van der Waals surface area contributed by atoms with Gasteiger partial charge in [-0.15, -0.1) is 0 Å². The molecule has 2 aliphatic rings. The minimum absolute atomic E-state index is 0.0227. The number of carbonyl (C=O) groups is 1. The van der Waals surface area contributed by atoms with E-state index >= 15 is 0 Å². The molecule has 1 atom stereocenters. The van der Waals surface area contributed by atoms with Crippen molar-refractivity contribution in [2.45, 2.75) is 31.6 Å². The number of benzene rings is 1. The molecule has 26 heavy (non-hydrogen) atoms. The number of nitrogens with one attached hydrogen (secondary N) is 1. The summed E-state index contributed by atoms with van der Waals surface area (Å²) < 4.78 is 0. The number of amides is 1. The van der Waals surface area contributed by atoms with Crippen LogP contribution in [0.5, 0.6) is 0 Å². The quantitative estimate of drug-likeness (QED) is 0.787. The van der Waals surface area contributed by atoms with Gasteiger partial charge in [0.2, 0.25) is 0 Å². The third-order valence-corrected chi connectivity index (χ3v) is 5.36. The summed E-state index contributed by atoms with van der Waals surface area (Å²) in [5, 5.41) is 8.45. The summed E-state index contributed by atoms with van der Waals surface area (Å²) in [6, 6.07) is 11.7. The maximum atomic E-state index is 12.8. The Hall–Kier alpha value is -2.76. The van der Waals surface area contributed by atoms with Crippen molar-refractivity contribution in [2.75, 3.05) is 13.1 Å². The van der Waals surface area contributed by atoms with Crippen LogP contribution in [-0.4, -0.2) is 44.1 Å². The van der Waals surface area contributed by atoms with E-state index in [9.17, 15) is 4.79 Å². The highest BCUT2D eigenvalue weighted by atomic mass is 16.2. The molecule has 2 aromatic heterocycles. The van der Waals surface area contributed by atoms with Crippen LogP contribution in [0.4, 0.5) is 0 Å². The molecular weight excluding hydrogens is 326 g/mol. The van der Waals surface area contributed by atoms with Gasteiger partial charge in [-0.3, -0.25) is 9.89 Å². The fraction of sp³-hybridized carbons (Fsp3) is 0.400. The van der Waals surface area contributed by atoms with Crippen LogP contribution in [0.15, 0.2) is 36.4 Å². The molecule has 3 aromatic rings. The molecule has 1 aliphatic heterocycles. The summed E-state index contributed by atoms with van der Waals surface area (Å²) >= 11 is 0. The molecule has 1 aliphatic carbocycles. The maximum absolute atomic E-state index is 12.8. The summed E-state index contributed by atoms with van der Waals surface area (Å²) in [5.41, 5.74) is 1.39. The highest BCUT2D eigenvalue weighted by Gasteiger charge is 2.30. The highest BCUT2D eigenvalue weighted by molar-refractivity contribution is 5.95. The first-order chi connectivity index (χ1) is 12.8. The molecule has 6 heteroatoms. The van der Waals surface area contributed by atoms with E-state index in [4.69, 9.17) is 0 Å². The van der Waals surface area contributed by atoms with E-state index in [1.807, 2.05) is 41.3 Å². The van der Waals surface area contributed by atoms with Crippen molar-refractivity contribution in [1.29, 1.82) is 0 Å². The summed E-state index contributed by atoms with van der Waals surface area (Å²) in [6.07, 6.45) is 4.27. The number of hydrogen-bond donors (Lipinski definition) is 1. The average molecular weight is 347 g/mol. The molecule has 5 rings (SSSR count). The van der Waals surface area contributed by atoms with Crippen LogP contribution in [0.25, 0.3) is 10.9 Å². The molecule has 1 aromatic carbocycles. The van der Waals surface area contributed by atoms with Crippen molar-refractivity contribution in [3.8, 4) is 0 Å². The number of pyridine rings is 1. The molecule has 1 saturated carbocycles. The minimum Gasteiger partial charge on any atom is -0.337 e. The van der Waals surface area contributed by atoms with Gasteiger partial charge in [-0.2, -0.15) is 5.10 Å². The van der Waals surface area contributed by atoms with E-state index in [1.165, 1.54) is 12.8 Å². The van der Waals surface area contributed by atoms with Crippen LogP contribution < -0.4 is 0 Å². The Labute approximate surface area is 151 Å². The van der Waals surface area contributed by atoms with Crippen LogP contribution in [-0.2, 0) is 6.42 Å². The van der Waals surface area contributed by atoms with Crippen molar-refractivity contribution >= 4 is 16.8 Å². The normalized spacial score (nSPS) is 20.0. The van der Waals surface area contributed by atoms with Gasteiger partial charge >= 0.3 is 0 Å². The zero-order valence-corrected chi connectivity index (χ0v) is 14.6. The number of para-hydroxylation sites is 1. The van der Waals surface area contributed by atoms with E-state index in [0.29, 0.717) is 17.5 Å². The number of hydrogen-bond acceptors (Lipinski definition) is 4. The Morgan fingerprint density at radius 2 is 2.00 bits per heavy atom. The van der Waals surface area contributed by atoms with Crippen molar-refractivity contribution in [3.05, 3.63) is 53.7 Å². The molecular formula is C20H21N5O. The summed E-state index contributed by atoms with van der Waals surface area (Å²) in [6.45, 7) is 1.54. The second-order valence-electron chi connectivity index (χ2n) is 7.41. The number of rotatable bonds is 4. The van der Waals surface area contributed by atoms with Crippen molar-refractivity contribution in [2.24, 2.45) is 5.92 Å². The molecule has 1 N–H and O–H groups in total. The fourth-order valence-corrected chi connectivity index (χ4v) is 3.73. The Balaban J connectivity index is 1.26. The number of carbonyl (C=O) groups excluding carboxylic acids is 1. The van der Waals surface area contributed by atoms with Gasteiger partial charge in [0.15, 0.2) is 5.82 Å². The molecule has 0 spiro atoms. The Bertz CT molecular complexity index is 961. The molecule has 0 radical (unpaired) electrons. The van der Waals surface area contributed by atoms with Crippen LogP contribution in [0, 0.1) is 5.92 Å². The predicted molar refractivity (Wildman–Crippen MR) is 97.8 cm³/mol. The number of aromatic nitrogens is 4. The minimum atomic E-state index is 0.0227. The Kier molecular flexibility index (Phi) is 3.69. The molecule has 1 amide bonds. The van der Waals surface area contributed by atoms with Gasteiger partial charge in [0.25, 0.3) is 5.91 Å². The van der Waals surface area contributed by atoms with Crippen LogP contribution in [0.1, 0.15) is 47.3 Å². The third kappa shape index (κ3) is 2.96. The fourth-order valence-electron chi connectivity index (χ4n) is 3.73. The van der Waals surface area contributed by atoms with Crippen molar-refractivity contribution in [1.82, 2.24) is 25.1 Å². The van der Waals surface area contributed by atoms with E-state index < -0.39 is 0 Å². The summed E-state index contributed by atoms with van der Waals surface area (Å²) in [4.78, 5) is 23.9. The predicted octanol–water partition coefficient (Wildman–Crippen LogP) is 2.94. The first kappa shape index (κ1) is 15.5. The zero-order chi connectivity index (χ0) is 17.5. The second kappa shape index (κ2) is 6.20. The highest BCUT2D eigenvalue weighted by Crippen LogP contribution is 2.37. The lowest BCUT2D eigenvalue weighted by molar-refractivity contribution is 0.0781. The zero-order valence-electron chi connectivity index (χ0n) is 14.6. The van der Waals surface area contributed by atoms with Gasteiger partial charge in [-0.05, 0) is 37.3 Å². The number of aromatic amines is 1. The van der Waals surface area contributed by atoms with Gasteiger partial charge < -0.3 is 4.90 Å². The first-order valence-electron chi connectivity index (χ1n) is 9.32. The Morgan fingerprint density at radius 1 is 1.12 bits per heavy atom. The number of fused-ring (bicyclic) bond motifs is 1. The molecule has 132 valence electrons. The van der Waals surface area contributed by atoms with Gasteiger partial charge in [-0.1, -0.05) is 24.3 Å². The molecule has 3 heterocycles. The summed E-state index contributed by atoms with van der Waals surface area (Å²) in [7, 11) is 0. The monoisotopic (exact) mass is 347 g/mol. The topological polar surface area (TPSA) is 74.8 Å². The maximum Gasteiger partial charge on any atom is 0.272 e. The largest absolute Gasteiger partial charge is 0.337 e. The van der Waals surface area contributed by atoms with Gasteiger partial charge in [-0.25, -0.2) is 9.97 Å². The lowest BCUT2D eigenvalue weighted by Crippen LogP contribution is -2.29. The molecule has 6 nitrogen and oxygen atoms in total. The molecule has 1 saturated heterocycles. The molecule has 0 bridgehead atoms. The van der Waals surface area contributed by atoms with Crippen LogP contribution in [0.2, 0.25) is 0 Å². The number of H-pyrrole nitrogens is 1. The summed E-state index contributed by atoms with van der Waals surface area (Å²) in [5.74, 6) is 2.94. The Morgan fingerprint density at radius 3 is 2.88 bits per heavy atom. The third-order valence-electron chi connectivity index (χ3n) is 5.36. The molecule has 2 fully saturated rings. The van der Waals surface area contributed by atoms with Crippen molar-refractivity contribution < 1.29 is 4.79 Å². The van der Waals surface area contributed by atoms with Gasteiger partial charge in [0, 0.05) is 30.8 Å². The number of likely N-dealkylation sites (tertiary alicyclic amines) is 1. The smallest absolute Gasteiger partial charge is 0.272 e. The van der Waals surface area contributed by atoms with Gasteiger partial charge in [0.1, 0.15) is 11.5 Å². The standard InChI is InChI=1S/C20H21N5O/c26-20(17-8-7-14-3-1-2-4-16(14)21-17)25-10-9-13(12-25)11-18-22-19(24-23-18)15-5-6-15/h1-4,7-8,13,15H,5-6,9-12H2,(H,22,23,24). The second-order valence-corrected chi connectivity index (χ2v) is 7.41. The lowest BCUT2D eigenvalue weighted by Gasteiger charge is -2.16. The van der Waals surface area contributed by atoms with Crippen LogP contribution >= 0.6 is 0 Å². The van der Waals surface area contributed by atoms with Crippen LogP contribution in [0.3, 0.4) is 0 Å². The number of nitrogens with zero attached hydrogens (tertiary/aromatic N) is 4. The van der Waals surface area contributed by atoms with E-state index in [1.54, 1.807) is 0 Å². The SMILES string of the molecule is O=C(c1ccc2ccccc2n1)N1CCC(Cc2nc(C3CC3)n[nH]2)C1. The van der Waals surface area contributed by atoms with E-state index in [-0.39, 0.29) is 5.91 Å². The van der Waals surface area contributed by atoms with Crippen molar-refractivity contribution in [3.63, 3.8) is 0 Å². The lowest BCUT2D eigenvalue weighted by atomic mass is 10.1. The van der Waals surface area contributed by atoms with E-state index in [2.05, 4.69) is 20.2 Å². The first-order valence-corrected chi connectivity index (χ1v) is 9.32. The average Bonchev–Trinajstić information content (AvgIpc) is 3.25. The van der Waals surface area contributed by atoms with Gasteiger partial charge in [0.05, 0.1) is 5.52 Å². The molecule has 1 unspecified atom stereocenters. The van der Waals surface area contributed by atoms with E-state index in [0.717, 1.165) is 48.5 Å².